The molecule has 4 heteroatoms. The highest BCUT2D eigenvalue weighted by atomic mass is 35.5. The molecule has 2 rings (SSSR count). The lowest BCUT2D eigenvalue weighted by Crippen LogP contribution is -2.12. The van der Waals surface area contributed by atoms with Crippen LogP contribution in [0.3, 0.4) is 0 Å². The van der Waals surface area contributed by atoms with Gasteiger partial charge in [-0.05, 0) is 26.1 Å². The summed E-state index contributed by atoms with van der Waals surface area (Å²) in [5.41, 5.74) is 2.06. The highest BCUT2D eigenvalue weighted by Crippen LogP contribution is 2.22. The van der Waals surface area contributed by atoms with Gasteiger partial charge in [0, 0.05) is 11.9 Å². The molecule has 1 aromatic heterocycles. The molecule has 0 aliphatic carbocycles. The molecule has 0 radical (unpaired) electrons. The second kappa shape index (κ2) is 4.68. The maximum atomic E-state index is 6.19. The predicted molar refractivity (Wildman–Crippen MR) is 66.1 cm³/mol. The zero-order valence-corrected chi connectivity index (χ0v) is 10.1. The predicted octanol–water partition coefficient (Wildman–Crippen LogP) is 2.55. The first-order valence-corrected chi connectivity index (χ1v) is 5.54. The minimum absolute atomic E-state index is 0.721. The van der Waals surface area contributed by atoms with Crippen molar-refractivity contribution in [3.05, 3.63) is 47.0 Å². The number of nitrogens with one attached hydrogen (secondary N) is 1. The van der Waals surface area contributed by atoms with Gasteiger partial charge in [-0.15, -0.1) is 0 Å². The van der Waals surface area contributed by atoms with Gasteiger partial charge in [-0.2, -0.15) is 0 Å². The Kier molecular flexibility index (Phi) is 3.27. The summed E-state index contributed by atoms with van der Waals surface area (Å²) in [5.74, 6) is 0.966. The van der Waals surface area contributed by atoms with Gasteiger partial charge in [-0.1, -0.05) is 23.7 Å². The van der Waals surface area contributed by atoms with E-state index in [0.29, 0.717) is 0 Å². The van der Waals surface area contributed by atoms with Gasteiger partial charge in [0.2, 0.25) is 0 Å². The van der Waals surface area contributed by atoms with Crippen molar-refractivity contribution in [2.75, 3.05) is 7.05 Å². The Morgan fingerprint density at radius 3 is 2.81 bits per heavy atom. The molecule has 0 aliphatic heterocycles. The number of rotatable bonds is 3. The summed E-state index contributed by atoms with van der Waals surface area (Å²) in [7, 11) is 1.90. The van der Waals surface area contributed by atoms with Crippen LogP contribution in [0.15, 0.2) is 30.5 Å². The van der Waals surface area contributed by atoms with Gasteiger partial charge in [-0.3, -0.25) is 4.57 Å². The van der Waals surface area contributed by atoms with Gasteiger partial charge >= 0.3 is 0 Å². The molecule has 0 bridgehead atoms. The Morgan fingerprint density at radius 1 is 1.38 bits per heavy atom. The molecule has 3 nitrogen and oxygen atoms in total. The van der Waals surface area contributed by atoms with Crippen LogP contribution >= 0.6 is 11.6 Å². The van der Waals surface area contributed by atoms with E-state index >= 15 is 0 Å². The van der Waals surface area contributed by atoms with E-state index in [0.717, 1.165) is 28.8 Å². The number of hydrogen-bond acceptors (Lipinski definition) is 2. The van der Waals surface area contributed by atoms with Gasteiger partial charge in [0.1, 0.15) is 5.82 Å². The Morgan fingerprint density at radius 2 is 2.12 bits per heavy atom. The summed E-state index contributed by atoms with van der Waals surface area (Å²) in [6.45, 7) is 2.74. The molecule has 0 unspecified atom stereocenters. The third-order valence-electron chi connectivity index (χ3n) is 2.44. The highest BCUT2D eigenvalue weighted by Gasteiger charge is 2.10. The van der Waals surface area contributed by atoms with E-state index in [-0.39, 0.29) is 0 Å². The molecule has 2 aromatic rings. The standard InChI is InChI=1S/C12H14ClN3/c1-9-7-15-12(8-14-2)16(9)11-6-4-3-5-10(11)13/h3-7,14H,8H2,1-2H3. The SMILES string of the molecule is CNCc1ncc(C)n1-c1ccccc1Cl. The molecule has 0 aliphatic rings. The third kappa shape index (κ3) is 1.96. The molecular weight excluding hydrogens is 222 g/mol. The van der Waals surface area contributed by atoms with Crippen LogP contribution < -0.4 is 5.32 Å². The maximum absolute atomic E-state index is 6.19. The van der Waals surface area contributed by atoms with E-state index in [1.165, 1.54) is 0 Å². The second-order valence-electron chi connectivity index (χ2n) is 3.63. The van der Waals surface area contributed by atoms with Crippen molar-refractivity contribution in [2.24, 2.45) is 0 Å². The molecule has 0 spiro atoms. The summed E-state index contributed by atoms with van der Waals surface area (Å²) in [6.07, 6.45) is 1.86. The van der Waals surface area contributed by atoms with E-state index in [2.05, 4.69) is 14.9 Å². The Bertz CT molecular complexity index is 491. The van der Waals surface area contributed by atoms with Crippen molar-refractivity contribution in [3.63, 3.8) is 0 Å². The van der Waals surface area contributed by atoms with Crippen LogP contribution in [0.4, 0.5) is 0 Å². The molecule has 16 heavy (non-hydrogen) atoms. The molecule has 0 saturated carbocycles. The first kappa shape index (κ1) is 11.2. The van der Waals surface area contributed by atoms with E-state index in [4.69, 9.17) is 11.6 Å². The van der Waals surface area contributed by atoms with Crippen molar-refractivity contribution in [2.45, 2.75) is 13.5 Å². The van der Waals surface area contributed by atoms with Gasteiger partial charge < -0.3 is 5.32 Å². The Balaban J connectivity index is 2.54. The van der Waals surface area contributed by atoms with Gasteiger partial charge in [0.05, 0.1) is 17.3 Å². The first-order chi connectivity index (χ1) is 7.74. The summed E-state index contributed by atoms with van der Waals surface area (Å²) >= 11 is 6.19. The largest absolute Gasteiger partial charge is 0.313 e. The molecular formula is C12H14ClN3. The molecule has 0 amide bonds. The average molecular weight is 236 g/mol. The molecule has 84 valence electrons. The Labute approximate surface area is 100 Å². The number of aryl methyl sites for hydroxylation is 1. The Hall–Kier alpha value is -1.32. The van der Waals surface area contributed by atoms with E-state index < -0.39 is 0 Å². The number of aromatic nitrogens is 2. The lowest BCUT2D eigenvalue weighted by molar-refractivity contribution is 0.737. The van der Waals surface area contributed by atoms with Crippen LogP contribution in [0.5, 0.6) is 0 Å². The number of imidazole rings is 1. The van der Waals surface area contributed by atoms with Crippen LogP contribution in [0.25, 0.3) is 5.69 Å². The summed E-state index contributed by atoms with van der Waals surface area (Å²) in [4.78, 5) is 4.36. The van der Waals surface area contributed by atoms with Crippen LogP contribution in [-0.4, -0.2) is 16.6 Å². The fraction of sp³-hybridized carbons (Fsp3) is 0.250. The van der Waals surface area contributed by atoms with E-state index in [9.17, 15) is 0 Å². The molecule has 1 heterocycles. The minimum Gasteiger partial charge on any atom is -0.313 e. The maximum Gasteiger partial charge on any atom is 0.127 e. The monoisotopic (exact) mass is 235 g/mol. The molecule has 0 fully saturated rings. The van der Waals surface area contributed by atoms with Gasteiger partial charge in [0.25, 0.3) is 0 Å². The zero-order chi connectivity index (χ0) is 11.5. The third-order valence-corrected chi connectivity index (χ3v) is 2.76. The number of nitrogens with zero attached hydrogens (tertiary/aromatic N) is 2. The summed E-state index contributed by atoms with van der Waals surface area (Å²) in [6, 6.07) is 7.79. The summed E-state index contributed by atoms with van der Waals surface area (Å²) in [5, 5.41) is 3.84. The van der Waals surface area contributed by atoms with Gasteiger partial charge in [-0.25, -0.2) is 4.98 Å². The van der Waals surface area contributed by atoms with Crippen molar-refractivity contribution in [1.82, 2.24) is 14.9 Å². The van der Waals surface area contributed by atoms with Gasteiger partial charge in [0.15, 0.2) is 0 Å². The number of hydrogen-bond donors (Lipinski definition) is 1. The topological polar surface area (TPSA) is 29.9 Å². The van der Waals surface area contributed by atoms with Crippen LogP contribution in [0, 0.1) is 6.92 Å². The van der Waals surface area contributed by atoms with Crippen molar-refractivity contribution < 1.29 is 0 Å². The number of benzene rings is 1. The molecule has 0 saturated heterocycles. The molecule has 0 atom stereocenters. The minimum atomic E-state index is 0.721. The van der Waals surface area contributed by atoms with Crippen molar-refractivity contribution >= 4 is 11.6 Å². The fourth-order valence-electron chi connectivity index (χ4n) is 1.73. The van der Waals surface area contributed by atoms with Crippen LogP contribution in [-0.2, 0) is 6.54 Å². The van der Waals surface area contributed by atoms with Crippen LogP contribution in [0.1, 0.15) is 11.5 Å². The lowest BCUT2D eigenvalue weighted by atomic mass is 10.3. The zero-order valence-electron chi connectivity index (χ0n) is 9.37. The van der Waals surface area contributed by atoms with E-state index in [1.54, 1.807) is 0 Å². The second-order valence-corrected chi connectivity index (χ2v) is 4.04. The van der Waals surface area contributed by atoms with Crippen LogP contribution in [0.2, 0.25) is 5.02 Å². The van der Waals surface area contributed by atoms with Crippen molar-refractivity contribution in [1.29, 1.82) is 0 Å². The average Bonchev–Trinajstić information content (AvgIpc) is 2.62. The number of halogens is 1. The highest BCUT2D eigenvalue weighted by molar-refractivity contribution is 6.32. The smallest absolute Gasteiger partial charge is 0.127 e. The van der Waals surface area contributed by atoms with Crippen molar-refractivity contribution in [3.8, 4) is 5.69 Å². The first-order valence-electron chi connectivity index (χ1n) is 5.16. The fourth-order valence-corrected chi connectivity index (χ4v) is 1.95. The summed E-state index contributed by atoms with van der Waals surface area (Å²) < 4.78 is 2.07. The number of para-hydroxylation sites is 1. The molecule has 1 N–H and O–H groups in total. The van der Waals surface area contributed by atoms with E-state index in [1.807, 2.05) is 44.4 Å². The quantitative estimate of drug-likeness (QED) is 0.886. The lowest BCUT2D eigenvalue weighted by Gasteiger charge is -2.11. The normalized spacial score (nSPS) is 10.7. The molecule has 1 aromatic carbocycles.